The maximum atomic E-state index is 3.71. The molecule has 0 amide bonds. The molecule has 0 fully saturated rings. The summed E-state index contributed by atoms with van der Waals surface area (Å²) in [4.78, 5) is 0. The zero-order valence-corrected chi connectivity index (χ0v) is 13.7. The molecule has 0 spiro atoms. The molecule has 2 unspecified atom stereocenters. The van der Waals surface area contributed by atoms with Crippen LogP contribution in [0.15, 0.2) is 24.3 Å². The molecule has 1 aromatic carbocycles. The van der Waals surface area contributed by atoms with E-state index in [0.717, 1.165) is 0 Å². The lowest BCUT2D eigenvalue weighted by molar-refractivity contribution is 0.440. The van der Waals surface area contributed by atoms with Crippen LogP contribution in [-0.2, 0) is 6.42 Å². The minimum absolute atomic E-state index is 0.599. The molecule has 0 aliphatic rings. The second-order valence-corrected chi connectivity index (χ2v) is 6.88. The molecule has 0 saturated carbocycles. The zero-order chi connectivity index (χ0) is 14.1. The van der Waals surface area contributed by atoms with Crippen molar-refractivity contribution < 1.29 is 0 Å². The fourth-order valence-electron chi connectivity index (χ4n) is 2.31. The maximum absolute atomic E-state index is 3.71. The summed E-state index contributed by atoms with van der Waals surface area (Å²) in [6.07, 6.45) is 3.66. The van der Waals surface area contributed by atoms with Crippen LogP contribution in [-0.4, -0.2) is 23.6 Å². The number of nitrogens with one attached hydrogen (secondary N) is 1. The van der Waals surface area contributed by atoms with Crippen LogP contribution >= 0.6 is 11.8 Å². The van der Waals surface area contributed by atoms with Gasteiger partial charge in [-0.3, -0.25) is 0 Å². The van der Waals surface area contributed by atoms with E-state index in [2.05, 4.69) is 57.3 Å². The third kappa shape index (κ3) is 7.64. The Labute approximate surface area is 123 Å². The summed E-state index contributed by atoms with van der Waals surface area (Å²) >= 11 is 2.04. The van der Waals surface area contributed by atoms with Gasteiger partial charge in [-0.1, -0.05) is 36.8 Å². The first-order valence-corrected chi connectivity index (χ1v) is 8.66. The number of benzene rings is 1. The summed E-state index contributed by atoms with van der Waals surface area (Å²) in [6.45, 7) is 9.00. The normalized spacial score (nSPS) is 14.3. The van der Waals surface area contributed by atoms with Crippen molar-refractivity contribution in [2.75, 3.05) is 11.5 Å². The van der Waals surface area contributed by atoms with Gasteiger partial charge in [0.05, 0.1) is 0 Å². The molecule has 1 rings (SSSR count). The second kappa shape index (κ2) is 9.44. The van der Waals surface area contributed by atoms with Crippen LogP contribution in [0, 0.1) is 6.92 Å². The van der Waals surface area contributed by atoms with Crippen molar-refractivity contribution in [3.63, 3.8) is 0 Å². The van der Waals surface area contributed by atoms with Crippen LogP contribution < -0.4 is 5.32 Å². The first-order valence-electron chi connectivity index (χ1n) is 7.51. The molecule has 1 N–H and O–H groups in total. The van der Waals surface area contributed by atoms with Gasteiger partial charge in [-0.05, 0) is 57.1 Å². The molecule has 0 aliphatic heterocycles. The second-order valence-electron chi connectivity index (χ2n) is 5.48. The van der Waals surface area contributed by atoms with E-state index in [4.69, 9.17) is 0 Å². The van der Waals surface area contributed by atoms with Crippen LogP contribution in [0.3, 0.4) is 0 Å². The molecule has 1 nitrogen and oxygen atoms in total. The van der Waals surface area contributed by atoms with Crippen LogP contribution in [0.4, 0.5) is 0 Å². The van der Waals surface area contributed by atoms with E-state index in [1.54, 1.807) is 0 Å². The highest BCUT2D eigenvalue weighted by Gasteiger charge is 2.07. The van der Waals surface area contributed by atoms with Crippen molar-refractivity contribution in [1.29, 1.82) is 0 Å². The Morgan fingerprint density at radius 3 is 2.58 bits per heavy atom. The van der Waals surface area contributed by atoms with Crippen molar-refractivity contribution in [3.8, 4) is 0 Å². The molecule has 0 aliphatic carbocycles. The molecule has 0 aromatic heterocycles. The minimum atomic E-state index is 0.599. The van der Waals surface area contributed by atoms with Crippen LogP contribution in [0.1, 0.15) is 44.7 Å². The van der Waals surface area contributed by atoms with Gasteiger partial charge in [0.1, 0.15) is 0 Å². The molecule has 0 radical (unpaired) electrons. The summed E-state index contributed by atoms with van der Waals surface area (Å²) in [6, 6.07) is 10.1. The van der Waals surface area contributed by atoms with Crippen molar-refractivity contribution in [2.45, 2.75) is 59.0 Å². The van der Waals surface area contributed by atoms with E-state index < -0.39 is 0 Å². The van der Waals surface area contributed by atoms with Gasteiger partial charge < -0.3 is 5.32 Å². The van der Waals surface area contributed by atoms with E-state index in [9.17, 15) is 0 Å². The van der Waals surface area contributed by atoms with Gasteiger partial charge in [-0.2, -0.15) is 11.8 Å². The maximum Gasteiger partial charge on any atom is 0.00490 e. The summed E-state index contributed by atoms with van der Waals surface area (Å²) in [5, 5.41) is 3.71. The third-order valence-corrected chi connectivity index (χ3v) is 4.35. The number of aryl methyl sites for hydroxylation is 2. The lowest BCUT2D eigenvalue weighted by Crippen LogP contribution is -2.35. The van der Waals surface area contributed by atoms with Crippen molar-refractivity contribution in [2.24, 2.45) is 0 Å². The van der Waals surface area contributed by atoms with Gasteiger partial charge in [0, 0.05) is 12.1 Å². The minimum Gasteiger partial charge on any atom is -0.312 e. The van der Waals surface area contributed by atoms with E-state index in [-0.39, 0.29) is 0 Å². The van der Waals surface area contributed by atoms with E-state index in [0.29, 0.717) is 12.1 Å². The van der Waals surface area contributed by atoms with Gasteiger partial charge in [-0.15, -0.1) is 0 Å². The molecular formula is C17H29NS. The molecular weight excluding hydrogens is 250 g/mol. The molecule has 19 heavy (non-hydrogen) atoms. The monoisotopic (exact) mass is 279 g/mol. The smallest absolute Gasteiger partial charge is 0.00490 e. The van der Waals surface area contributed by atoms with Crippen LogP contribution in [0.5, 0.6) is 0 Å². The molecule has 2 heteroatoms. The number of hydrogen-bond acceptors (Lipinski definition) is 2. The lowest BCUT2D eigenvalue weighted by Gasteiger charge is -2.20. The van der Waals surface area contributed by atoms with E-state index in [1.807, 2.05) is 11.8 Å². The Balaban J connectivity index is 2.21. The average Bonchev–Trinajstić information content (AvgIpc) is 2.37. The largest absolute Gasteiger partial charge is 0.312 e. The highest BCUT2D eigenvalue weighted by atomic mass is 32.2. The van der Waals surface area contributed by atoms with E-state index >= 15 is 0 Å². The van der Waals surface area contributed by atoms with Crippen molar-refractivity contribution >= 4 is 11.8 Å². The fraction of sp³-hybridized carbons (Fsp3) is 0.647. The molecule has 1 aromatic rings. The molecule has 0 bridgehead atoms. The van der Waals surface area contributed by atoms with Gasteiger partial charge >= 0.3 is 0 Å². The van der Waals surface area contributed by atoms with Gasteiger partial charge in [0.2, 0.25) is 0 Å². The lowest BCUT2D eigenvalue weighted by atomic mass is 10.0. The van der Waals surface area contributed by atoms with Gasteiger partial charge in [-0.25, -0.2) is 0 Å². The number of hydrogen-bond donors (Lipinski definition) is 1. The van der Waals surface area contributed by atoms with Crippen LogP contribution in [0.2, 0.25) is 0 Å². The summed E-state index contributed by atoms with van der Waals surface area (Å²) < 4.78 is 0. The molecule has 0 heterocycles. The number of rotatable bonds is 9. The molecule has 2 atom stereocenters. The first-order chi connectivity index (χ1) is 9.11. The molecule has 108 valence electrons. The van der Waals surface area contributed by atoms with Crippen LogP contribution in [0.25, 0.3) is 0 Å². The summed E-state index contributed by atoms with van der Waals surface area (Å²) in [5.74, 6) is 2.50. The quantitative estimate of drug-likeness (QED) is 0.671. The van der Waals surface area contributed by atoms with Gasteiger partial charge in [0.15, 0.2) is 0 Å². The first kappa shape index (κ1) is 16.6. The van der Waals surface area contributed by atoms with Gasteiger partial charge in [0.25, 0.3) is 0 Å². The third-order valence-electron chi connectivity index (χ3n) is 3.42. The Kier molecular flexibility index (Phi) is 8.24. The summed E-state index contributed by atoms with van der Waals surface area (Å²) in [5.41, 5.74) is 2.82. The number of thioether (sulfide) groups is 1. The molecule has 0 saturated heterocycles. The summed E-state index contributed by atoms with van der Waals surface area (Å²) in [7, 11) is 0. The van der Waals surface area contributed by atoms with Crippen molar-refractivity contribution in [3.05, 3.63) is 35.4 Å². The highest BCUT2D eigenvalue weighted by Crippen LogP contribution is 2.09. The highest BCUT2D eigenvalue weighted by molar-refractivity contribution is 7.99. The fourth-order valence-corrected chi connectivity index (χ4v) is 3.12. The Bertz CT molecular complexity index is 351. The predicted octanol–water partition coefficient (Wildman–Crippen LogP) is 4.44. The standard InChI is InChI=1S/C17H29NS/c1-5-19-12-11-16(4)18-15(3)9-10-17-8-6-7-14(2)13-17/h6-8,13,15-16,18H,5,9-12H2,1-4H3. The SMILES string of the molecule is CCSCCC(C)NC(C)CCc1cccc(C)c1. The topological polar surface area (TPSA) is 12.0 Å². The Morgan fingerprint density at radius 2 is 1.89 bits per heavy atom. The predicted molar refractivity (Wildman–Crippen MR) is 89.2 cm³/mol. The average molecular weight is 279 g/mol. The van der Waals surface area contributed by atoms with Crippen molar-refractivity contribution in [1.82, 2.24) is 5.32 Å². The Hall–Kier alpha value is -0.470. The zero-order valence-electron chi connectivity index (χ0n) is 12.9. The Morgan fingerprint density at radius 1 is 1.16 bits per heavy atom. The van der Waals surface area contributed by atoms with E-state index in [1.165, 1.54) is 41.9 Å².